The summed E-state index contributed by atoms with van der Waals surface area (Å²) in [5, 5.41) is 9.97. The minimum atomic E-state index is -0.920. The van der Waals surface area contributed by atoms with Crippen molar-refractivity contribution in [3.63, 3.8) is 0 Å². The summed E-state index contributed by atoms with van der Waals surface area (Å²) in [7, 11) is 0. The second-order valence-corrected chi connectivity index (χ2v) is 7.24. The maximum Gasteiger partial charge on any atom is 0.343 e. The van der Waals surface area contributed by atoms with Crippen molar-refractivity contribution in [2.75, 3.05) is 0 Å². The van der Waals surface area contributed by atoms with Gasteiger partial charge in [0.15, 0.2) is 0 Å². The van der Waals surface area contributed by atoms with E-state index in [-0.39, 0.29) is 0 Å². The molecule has 0 spiro atoms. The van der Waals surface area contributed by atoms with Gasteiger partial charge in [-0.3, -0.25) is 0 Å². The van der Waals surface area contributed by atoms with Crippen molar-refractivity contribution in [2.24, 2.45) is 0 Å². The summed E-state index contributed by atoms with van der Waals surface area (Å²) in [5.74, 6) is -0.920. The van der Waals surface area contributed by atoms with Gasteiger partial charge in [-0.1, -0.05) is 89.6 Å². The van der Waals surface area contributed by atoms with E-state index >= 15 is 0 Å². The van der Waals surface area contributed by atoms with Gasteiger partial charge in [0.05, 0.1) is 0 Å². The molecule has 0 bridgehead atoms. The Morgan fingerprint density at radius 1 is 0.769 bits per heavy atom. The molecule has 2 nitrogen and oxygen atoms in total. The van der Waals surface area contributed by atoms with Crippen LogP contribution in [0.4, 0.5) is 0 Å². The van der Waals surface area contributed by atoms with Gasteiger partial charge in [0.2, 0.25) is 0 Å². The number of carboxylic acids is 1. The fraction of sp³-hybridized carbons (Fsp3) is 0.0870. The third kappa shape index (κ3) is 4.24. The molecule has 0 aliphatic rings. The molecule has 0 amide bonds. The van der Waals surface area contributed by atoms with E-state index in [0.29, 0.717) is 4.91 Å². The highest BCUT2D eigenvalue weighted by atomic mass is 32.2. The van der Waals surface area contributed by atoms with E-state index in [2.05, 4.69) is 0 Å². The number of aliphatic carboxylic acids is 1. The Hall–Kier alpha value is -2.78. The Labute approximate surface area is 158 Å². The lowest BCUT2D eigenvalue weighted by Gasteiger charge is -2.14. The van der Waals surface area contributed by atoms with Gasteiger partial charge in [-0.2, -0.15) is 0 Å². The lowest BCUT2D eigenvalue weighted by atomic mass is 9.96. The van der Waals surface area contributed by atoms with E-state index in [1.807, 2.05) is 92.7 Å². The molecule has 0 aromatic heterocycles. The molecule has 0 unspecified atom stereocenters. The third-order valence-corrected chi connectivity index (χ3v) is 5.12. The molecule has 0 aliphatic heterocycles. The third-order valence-electron chi connectivity index (χ3n) is 4.03. The number of rotatable bonds is 5. The minimum absolute atomic E-state index is 0.325. The van der Waals surface area contributed by atoms with Crippen LogP contribution in [0.5, 0.6) is 0 Å². The number of benzene rings is 3. The summed E-state index contributed by atoms with van der Waals surface area (Å²) >= 11 is 1.29. The molecule has 130 valence electrons. The van der Waals surface area contributed by atoms with Crippen LogP contribution in [0.1, 0.15) is 22.3 Å². The van der Waals surface area contributed by atoms with Crippen molar-refractivity contribution in [3.05, 3.63) is 106 Å². The molecule has 26 heavy (non-hydrogen) atoms. The van der Waals surface area contributed by atoms with Crippen LogP contribution in [0.15, 0.2) is 88.7 Å². The van der Waals surface area contributed by atoms with E-state index in [9.17, 15) is 9.90 Å². The predicted molar refractivity (Wildman–Crippen MR) is 108 cm³/mol. The first-order valence-electron chi connectivity index (χ1n) is 8.39. The molecule has 0 saturated heterocycles. The Kier molecular flexibility index (Phi) is 5.59. The molecule has 3 aromatic carbocycles. The van der Waals surface area contributed by atoms with Crippen LogP contribution in [-0.2, 0) is 4.79 Å². The number of carboxylic acid groups (broad SMARTS) is 1. The smallest absolute Gasteiger partial charge is 0.343 e. The predicted octanol–water partition coefficient (Wildman–Crippen LogP) is 5.94. The van der Waals surface area contributed by atoms with Crippen LogP contribution >= 0.6 is 11.8 Å². The summed E-state index contributed by atoms with van der Waals surface area (Å²) in [6, 6.07) is 25.6. The van der Waals surface area contributed by atoms with Gasteiger partial charge in [0.1, 0.15) is 4.91 Å². The Balaban J connectivity index is 2.20. The van der Waals surface area contributed by atoms with Gasteiger partial charge >= 0.3 is 5.97 Å². The molecule has 0 heterocycles. The van der Waals surface area contributed by atoms with Gasteiger partial charge in [0, 0.05) is 10.5 Å². The zero-order chi connectivity index (χ0) is 18.5. The summed E-state index contributed by atoms with van der Waals surface area (Å²) in [6.07, 6.45) is 0. The van der Waals surface area contributed by atoms with E-state index in [1.165, 1.54) is 11.8 Å². The first-order valence-corrected chi connectivity index (χ1v) is 9.21. The SMILES string of the molecule is Cc1ccc(S/C(C(=O)O)=C(\c2ccccc2)c2cccc(C)c2)cc1. The van der Waals surface area contributed by atoms with Crippen LogP contribution in [0.25, 0.3) is 5.57 Å². The molecular weight excluding hydrogens is 340 g/mol. The molecule has 1 N–H and O–H groups in total. The van der Waals surface area contributed by atoms with E-state index in [1.54, 1.807) is 0 Å². The van der Waals surface area contributed by atoms with Gasteiger partial charge in [-0.15, -0.1) is 0 Å². The van der Waals surface area contributed by atoms with Crippen LogP contribution in [-0.4, -0.2) is 11.1 Å². The van der Waals surface area contributed by atoms with Gasteiger partial charge in [-0.05, 0) is 37.1 Å². The van der Waals surface area contributed by atoms with Crippen LogP contribution in [0, 0.1) is 13.8 Å². The lowest BCUT2D eigenvalue weighted by molar-refractivity contribution is -0.131. The number of aryl methyl sites for hydroxylation is 2. The van der Waals surface area contributed by atoms with Crippen LogP contribution < -0.4 is 0 Å². The second kappa shape index (κ2) is 8.07. The number of hydrogen-bond donors (Lipinski definition) is 1. The maximum atomic E-state index is 12.2. The van der Waals surface area contributed by atoms with Crippen molar-refractivity contribution < 1.29 is 9.90 Å². The molecule has 0 fully saturated rings. The highest BCUT2D eigenvalue weighted by molar-refractivity contribution is 8.04. The van der Waals surface area contributed by atoms with Gasteiger partial charge in [0.25, 0.3) is 0 Å². The average Bonchev–Trinajstić information content (AvgIpc) is 2.64. The summed E-state index contributed by atoms with van der Waals surface area (Å²) in [5.41, 5.74) is 4.80. The molecule has 0 aliphatic carbocycles. The van der Waals surface area contributed by atoms with Crippen molar-refractivity contribution in [2.45, 2.75) is 18.7 Å². The Morgan fingerprint density at radius 2 is 1.42 bits per heavy atom. The Bertz CT molecular complexity index is 941. The first kappa shape index (κ1) is 18.0. The molecule has 3 aromatic rings. The first-order chi connectivity index (χ1) is 12.5. The monoisotopic (exact) mass is 360 g/mol. The largest absolute Gasteiger partial charge is 0.477 e. The van der Waals surface area contributed by atoms with Crippen molar-refractivity contribution in [1.82, 2.24) is 0 Å². The van der Waals surface area contributed by atoms with Crippen molar-refractivity contribution in [1.29, 1.82) is 0 Å². The molecule has 0 saturated carbocycles. The quantitative estimate of drug-likeness (QED) is 0.452. The summed E-state index contributed by atoms with van der Waals surface area (Å²) in [6.45, 7) is 4.03. The Morgan fingerprint density at radius 3 is 2.04 bits per heavy atom. The fourth-order valence-corrected chi connectivity index (χ4v) is 3.69. The van der Waals surface area contributed by atoms with Gasteiger partial charge in [-0.25, -0.2) is 4.79 Å². The van der Waals surface area contributed by atoms with Crippen molar-refractivity contribution in [3.8, 4) is 0 Å². The molecule has 0 atom stereocenters. The molecular formula is C23H20O2S. The zero-order valence-corrected chi connectivity index (χ0v) is 15.6. The normalized spacial score (nSPS) is 11.8. The van der Waals surface area contributed by atoms with Crippen LogP contribution in [0.2, 0.25) is 0 Å². The minimum Gasteiger partial charge on any atom is -0.477 e. The number of thioether (sulfide) groups is 1. The topological polar surface area (TPSA) is 37.3 Å². The molecule has 0 radical (unpaired) electrons. The maximum absolute atomic E-state index is 12.2. The standard InChI is InChI=1S/C23H20O2S/c1-16-11-13-20(14-12-16)26-22(23(24)25)21(18-8-4-3-5-9-18)19-10-6-7-17(2)15-19/h3-15H,1-2H3,(H,24,25)/b22-21+. The highest BCUT2D eigenvalue weighted by Gasteiger charge is 2.19. The summed E-state index contributed by atoms with van der Waals surface area (Å²) in [4.78, 5) is 13.4. The average molecular weight is 360 g/mol. The van der Waals surface area contributed by atoms with Crippen LogP contribution in [0.3, 0.4) is 0 Å². The lowest BCUT2D eigenvalue weighted by Crippen LogP contribution is -2.03. The van der Waals surface area contributed by atoms with Crippen molar-refractivity contribution >= 4 is 23.3 Å². The van der Waals surface area contributed by atoms with E-state index in [0.717, 1.165) is 32.7 Å². The number of hydrogen-bond acceptors (Lipinski definition) is 2. The molecule has 3 rings (SSSR count). The van der Waals surface area contributed by atoms with Gasteiger partial charge < -0.3 is 5.11 Å². The van der Waals surface area contributed by atoms with E-state index < -0.39 is 5.97 Å². The summed E-state index contributed by atoms with van der Waals surface area (Å²) < 4.78 is 0. The van der Waals surface area contributed by atoms with E-state index in [4.69, 9.17) is 0 Å². The number of carbonyl (C=O) groups is 1. The molecule has 3 heteroatoms. The zero-order valence-electron chi connectivity index (χ0n) is 14.8. The highest BCUT2D eigenvalue weighted by Crippen LogP contribution is 2.37. The fourth-order valence-electron chi connectivity index (χ4n) is 2.76. The second-order valence-electron chi connectivity index (χ2n) is 6.16.